The first-order valence-corrected chi connectivity index (χ1v) is 5.80. The van der Waals surface area contributed by atoms with Crippen molar-refractivity contribution >= 4 is 0 Å². The van der Waals surface area contributed by atoms with Crippen molar-refractivity contribution < 1.29 is 4.74 Å². The molecule has 1 aromatic rings. The fourth-order valence-corrected chi connectivity index (χ4v) is 1.28. The molecular weight excluding hydrogens is 232 g/mol. The minimum atomic E-state index is -0.462. The average Bonchev–Trinajstić information content (AvgIpc) is 2.35. The first-order valence-electron chi connectivity index (χ1n) is 5.80. The lowest BCUT2D eigenvalue weighted by Gasteiger charge is -2.15. The molecule has 98 valence electrons. The highest BCUT2D eigenvalue weighted by atomic mass is 16.5. The lowest BCUT2D eigenvalue weighted by molar-refractivity contribution is 0.321. The Kier molecular flexibility index (Phi) is 4.86. The first kappa shape index (κ1) is 14.2. The van der Waals surface area contributed by atoms with Gasteiger partial charge >= 0.3 is 0 Å². The van der Waals surface area contributed by atoms with Crippen LogP contribution in [0.4, 0.5) is 0 Å². The van der Waals surface area contributed by atoms with Gasteiger partial charge in [0.2, 0.25) is 0 Å². The molecule has 0 saturated heterocycles. The van der Waals surface area contributed by atoms with Crippen LogP contribution in [-0.4, -0.2) is 22.9 Å². The zero-order valence-electron chi connectivity index (χ0n) is 10.7. The van der Waals surface area contributed by atoms with Crippen molar-refractivity contribution in [3.05, 3.63) is 22.6 Å². The summed E-state index contributed by atoms with van der Waals surface area (Å²) in [6, 6.07) is 3.57. The Labute approximate surface area is 106 Å². The number of hydrogen-bond donors (Lipinski definition) is 1. The van der Waals surface area contributed by atoms with Gasteiger partial charge in [-0.1, -0.05) is 0 Å². The van der Waals surface area contributed by atoms with Crippen LogP contribution >= 0.6 is 0 Å². The molecule has 0 fully saturated rings. The molecule has 0 aliphatic heterocycles. The number of ether oxygens (including phenoxy) is 1. The van der Waals surface area contributed by atoms with E-state index in [1.165, 1.54) is 16.9 Å². The van der Waals surface area contributed by atoms with Gasteiger partial charge in [0.1, 0.15) is 12.4 Å². The number of nitriles is 1. The number of nitrogens with zero attached hydrogens (tertiary/aromatic N) is 3. The van der Waals surface area contributed by atoms with Crippen LogP contribution in [0.15, 0.2) is 17.1 Å². The molecule has 6 heteroatoms. The van der Waals surface area contributed by atoms with Crippen LogP contribution < -0.4 is 16.0 Å². The fraction of sp³-hybridized carbons (Fsp3) is 0.583. The Balaban J connectivity index is 2.69. The third kappa shape index (κ3) is 4.18. The number of aromatic nitrogens is 2. The van der Waals surface area contributed by atoms with E-state index in [1.54, 1.807) is 0 Å². The number of rotatable bonds is 6. The van der Waals surface area contributed by atoms with Crippen molar-refractivity contribution in [3.8, 4) is 11.8 Å². The summed E-state index contributed by atoms with van der Waals surface area (Å²) in [5, 5.41) is 12.9. The molecule has 1 heterocycles. The summed E-state index contributed by atoms with van der Waals surface area (Å²) < 4.78 is 6.53. The monoisotopic (exact) mass is 250 g/mol. The minimum Gasteiger partial charge on any atom is -0.490 e. The summed E-state index contributed by atoms with van der Waals surface area (Å²) in [4.78, 5) is 11.7. The van der Waals surface area contributed by atoms with E-state index < -0.39 is 5.41 Å². The molecule has 0 aromatic carbocycles. The van der Waals surface area contributed by atoms with E-state index in [4.69, 9.17) is 15.7 Å². The van der Waals surface area contributed by atoms with Crippen molar-refractivity contribution in [2.75, 3.05) is 13.2 Å². The summed E-state index contributed by atoms with van der Waals surface area (Å²) in [7, 11) is 0. The molecule has 1 aromatic heterocycles. The molecule has 1 rings (SSSR count). The van der Waals surface area contributed by atoms with E-state index in [0.29, 0.717) is 31.9 Å². The smallest absolute Gasteiger partial charge is 0.270 e. The molecule has 18 heavy (non-hydrogen) atoms. The topological polar surface area (TPSA) is 93.9 Å². The van der Waals surface area contributed by atoms with Gasteiger partial charge in [0.15, 0.2) is 0 Å². The lowest BCUT2D eigenvalue weighted by Crippen LogP contribution is -2.25. The van der Waals surface area contributed by atoms with E-state index in [9.17, 15) is 4.79 Å². The highest BCUT2D eigenvalue weighted by molar-refractivity contribution is 5.13. The van der Waals surface area contributed by atoms with Crippen LogP contribution in [-0.2, 0) is 6.54 Å². The lowest BCUT2D eigenvalue weighted by atomic mass is 9.92. The second-order valence-corrected chi connectivity index (χ2v) is 4.64. The maximum atomic E-state index is 11.7. The molecule has 0 atom stereocenters. The molecule has 0 unspecified atom stereocenters. The summed E-state index contributed by atoms with van der Waals surface area (Å²) in [5.74, 6) is 0.418. The maximum absolute atomic E-state index is 11.7. The first-order chi connectivity index (χ1) is 8.48. The van der Waals surface area contributed by atoms with E-state index in [1.807, 2.05) is 13.8 Å². The highest BCUT2D eigenvalue weighted by Gasteiger charge is 2.16. The normalized spacial score (nSPS) is 11.0. The predicted octanol–water partition coefficient (Wildman–Crippen LogP) is 0.521. The molecule has 0 radical (unpaired) electrons. The second-order valence-electron chi connectivity index (χ2n) is 4.64. The van der Waals surface area contributed by atoms with Crippen LogP contribution in [0.2, 0.25) is 0 Å². The van der Waals surface area contributed by atoms with E-state index in [-0.39, 0.29) is 5.56 Å². The van der Waals surface area contributed by atoms with Crippen LogP contribution in [0.1, 0.15) is 20.3 Å². The Bertz CT molecular complexity index is 488. The number of hydrogen-bond acceptors (Lipinski definition) is 5. The standard InChI is InChI=1S/C12H18N4O2/c1-12(2,9-14)3-5-16-11(17)7-10(8-15-16)18-6-4-13/h7-8H,3-6,13H2,1-2H3. The van der Waals surface area contributed by atoms with Gasteiger partial charge in [-0.25, -0.2) is 4.68 Å². The Hall–Kier alpha value is -1.87. The third-order valence-corrected chi connectivity index (χ3v) is 2.48. The van der Waals surface area contributed by atoms with Crippen molar-refractivity contribution in [2.45, 2.75) is 26.8 Å². The molecule has 0 saturated carbocycles. The van der Waals surface area contributed by atoms with Gasteiger partial charge in [0, 0.05) is 19.2 Å². The summed E-state index contributed by atoms with van der Waals surface area (Å²) in [5.41, 5.74) is 4.60. The van der Waals surface area contributed by atoms with Gasteiger partial charge in [0.05, 0.1) is 17.7 Å². The molecule has 0 amide bonds. The molecule has 0 aliphatic rings. The van der Waals surface area contributed by atoms with Crippen molar-refractivity contribution in [3.63, 3.8) is 0 Å². The zero-order valence-corrected chi connectivity index (χ0v) is 10.7. The van der Waals surface area contributed by atoms with Crippen molar-refractivity contribution in [1.29, 1.82) is 5.26 Å². The van der Waals surface area contributed by atoms with Crippen LogP contribution in [0.3, 0.4) is 0 Å². The van der Waals surface area contributed by atoms with E-state index >= 15 is 0 Å². The van der Waals surface area contributed by atoms with Crippen molar-refractivity contribution in [1.82, 2.24) is 9.78 Å². The third-order valence-electron chi connectivity index (χ3n) is 2.48. The van der Waals surface area contributed by atoms with Gasteiger partial charge in [-0.05, 0) is 20.3 Å². The fourth-order valence-electron chi connectivity index (χ4n) is 1.28. The number of nitrogens with two attached hydrogens (primary N) is 1. The van der Waals surface area contributed by atoms with Crippen LogP contribution in [0.25, 0.3) is 0 Å². The highest BCUT2D eigenvalue weighted by Crippen LogP contribution is 2.18. The van der Waals surface area contributed by atoms with Gasteiger partial charge in [-0.2, -0.15) is 10.4 Å². The van der Waals surface area contributed by atoms with E-state index in [2.05, 4.69) is 11.2 Å². The molecular formula is C12H18N4O2. The molecule has 0 bridgehead atoms. The van der Waals surface area contributed by atoms with Crippen LogP contribution in [0.5, 0.6) is 5.75 Å². The van der Waals surface area contributed by atoms with Gasteiger partial charge in [-0.3, -0.25) is 4.79 Å². The second kappa shape index (κ2) is 6.17. The SMILES string of the molecule is CC(C)(C#N)CCn1ncc(OCCN)cc1=O. The maximum Gasteiger partial charge on any atom is 0.270 e. The molecule has 0 spiro atoms. The summed E-state index contributed by atoms with van der Waals surface area (Å²) in [6.07, 6.45) is 2.05. The predicted molar refractivity (Wildman–Crippen MR) is 67.1 cm³/mol. The number of aryl methyl sites for hydroxylation is 1. The zero-order chi connectivity index (χ0) is 13.6. The molecule has 0 aliphatic carbocycles. The largest absolute Gasteiger partial charge is 0.490 e. The van der Waals surface area contributed by atoms with Crippen molar-refractivity contribution in [2.24, 2.45) is 11.1 Å². The van der Waals surface area contributed by atoms with Gasteiger partial charge < -0.3 is 10.5 Å². The Morgan fingerprint density at radius 2 is 2.33 bits per heavy atom. The Morgan fingerprint density at radius 3 is 2.89 bits per heavy atom. The summed E-state index contributed by atoms with van der Waals surface area (Å²) >= 11 is 0. The molecule has 2 N–H and O–H groups in total. The summed E-state index contributed by atoms with van der Waals surface area (Å²) in [6.45, 7) is 4.82. The van der Waals surface area contributed by atoms with E-state index in [0.717, 1.165) is 0 Å². The quantitative estimate of drug-likeness (QED) is 0.794. The molecule has 6 nitrogen and oxygen atoms in total. The van der Waals surface area contributed by atoms with Gasteiger partial charge in [0.25, 0.3) is 5.56 Å². The van der Waals surface area contributed by atoms with Crippen LogP contribution in [0, 0.1) is 16.7 Å². The average molecular weight is 250 g/mol. The van der Waals surface area contributed by atoms with Gasteiger partial charge in [-0.15, -0.1) is 0 Å². The minimum absolute atomic E-state index is 0.238. The Morgan fingerprint density at radius 1 is 1.61 bits per heavy atom.